The standard InChI is InChI=1S/C61H35N3OS/c65-61-48-29-26-38(32-50(48)47-20-12-19-46-42-16-5-10-23-55(42)64(61)59(46)47)49-34-40(35-52-45-18-7-11-24-58(45)66-60(49)52)63-54-22-9-6-17-43(54)51-31-36(27-30-56(51)63)37-25-28-44-41-15-4-8-21-53(41)62(57(44)33-37)39-13-2-1-3-14-39/h1-35H. The maximum atomic E-state index is 14.4. The molecule has 15 aromatic rings. The maximum Gasteiger partial charge on any atom is 0.263 e. The summed E-state index contributed by atoms with van der Waals surface area (Å²) in [6, 6.07) is 76.8. The number of rotatable bonds is 4. The third kappa shape index (κ3) is 4.84. The van der Waals surface area contributed by atoms with Gasteiger partial charge in [-0.25, -0.2) is 0 Å². The second kappa shape index (κ2) is 13.3. The Balaban J connectivity index is 0.957. The second-order valence-corrected chi connectivity index (χ2v) is 18.6. The number of aromatic nitrogens is 3. The Hall–Kier alpha value is -8.51. The number of benzene rings is 10. The zero-order valence-corrected chi connectivity index (χ0v) is 36.2. The van der Waals surface area contributed by atoms with Gasteiger partial charge in [-0.15, -0.1) is 11.3 Å². The Labute approximate surface area is 381 Å². The van der Waals surface area contributed by atoms with Crippen LogP contribution in [0.2, 0.25) is 0 Å². The molecule has 0 radical (unpaired) electrons. The van der Waals surface area contributed by atoms with Crippen LogP contribution in [-0.2, 0) is 0 Å². The summed E-state index contributed by atoms with van der Waals surface area (Å²) >= 11 is 1.84. The molecule has 15 rings (SSSR count). The van der Waals surface area contributed by atoms with Crippen LogP contribution in [0.15, 0.2) is 217 Å². The molecule has 306 valence electrons. The summed E-state index contributed by atoms with van der Waals surface area (Å²) in [6.45, 7) is 0. The number of para-hydroxylation sites is 5. The zero-order valence-electron chi connectivity index (χ0n) is 35.4. The van der Waals surface area contributed by atoms with Crippen LogP contribution in [0.3, 0.4) is 0 Å². The SMILES string of the molecule is O=c1c2ccc(-c3cc(-n4c5ccccc5c5cc(-c6ccc7c8ccccc8n(-c8ccccc8)c7c6)ccc54)cc4c3sc3ccccc34)cc2c2cccc3c4ccccc4n1c23. The van der Waals surface area contributed by atoms with Gasteiger partial charge in [0.2, 0.25) is 0 Å². The molecule has 0 spiro atoms. The molecule has 0 aliphatic carbocycles. The van der Waals surface area contributed by atoms with Gasteiger partial charge >= 0.3 is 0 Å². The molecule has 0 unspecified atom stereocenters. The molecule has 0 aliphatic heterocycles. The topological polar surface area (TPSA) is 31.3 Å². The van der Waals surface area contributed by atoms with E-state index < -0.39 is 0 Å². The second-order valence-electron chi connectivity index (χ2n) is 17.6. The average molecular weight is 858 g/mol. The van der Waals surface area contributed by atoms with Crippen molar-refractivity contribution in [2.45, 2.75) is 0 Å². The Morgan fingerprint density at radius 3 is 1.67 bits per heavy atom. The van der Waals surface area contributed by atoms with Crippen molar-refractivity contribution in [1.29, 1.82) is 0 Å². The predicted molar refractivity (Wildman–Crippen MR) is 280 cm³/mol. The molecule has 5 heterocycles. The third-order valence-electron chi connectivity index (χ3n) is 14.2. The third-order valence-corrected chi connectivity index (χ3v) is 15.4. The van der Waals surface area contributed by atoms with Gasteiger partial charge in [-0.3, -0.25) is 9.20 Å². The first-order valence-corrected chi connectivity index (χ1v) is 23.3. The number of hydrogen-bond acceptors (Lipinski definition) is 2. The van der Waals surface area contributed by atoms with Gasteiger partial charge in [-0.1, -0.05) is 133 Å². The Kier molecular flexibility index (Phi) is 7.22. The summed E-state index contributed by atoms with van der Waals surface area (Å²) in [5.74, 6) is 0. The van der Waals surface area contributed by atoms with Gasteiger partial charge in [0.25, 0.3) is 5.56 Å². The first-order chi connectivity index (χ1) is 32.7. The number of fused-ring (bicyclic) bond motifs is 14. The quantitative estimate of drug-likeness (QED) is 0.162. The van der Waals surface area contributed by atoms with Gasteiger partial charge in [-0.05, 0) is 101 Å². The Bertz CT molecular complexity index is 4610. The van der Waals surface area contributed by atoms with Crippen molar-refractivity contribution in [3.8, 4) is 33.6 Å². The zero-order chi connectivity index (χ0) is 43.2. The molecular weight excluding hydrogens is 823 g/mol. The summed E-state index contributed by atoms with van der Waals surface area (Å²) in [7, 11) is 0. The highest BCUT2D eigenvalue weighted by atomic mass is 32.1. The lowest BCUT2D eigenvalue weighted by Gasteiger charge is -2.14. The first kappa shape index (κ1) is 35.9. The van der Waals surface area contributed by atoms with E-state index in [2.05, 4.69) is 209 Å². The molecule has 4 nitrogen and oxygen atoms in total. The normalized spacial score (nSPS) is 12.3. The minimum Gasteiger partial charge on any atom is -0.309 e. The van der Waals surface area contributed by atoms with E-state index in [4.69, 9.17) is 0 Å². The van der Waals surface area contributed by atoms with E-state index >= 15 is 0 Å². The first-order valence-electron chi connectivity index (χ1n) is 22.5. The van der Waals surface area contributed by atoms with Crippen molar-refractivity contribution in [3.05, 3.63) is 223 Å². The summed E-state index contributed by atoms with van der Waals surface area (Å²) in [5.41, 5.74) is 13.5. The van der Waals surface area contributed by atoms with Gasteiger partial charge in [0.1, 0.15) is 0 Å². The maximum absolute atomic E-state index is 14.4. The van der Waals surface area contributed by atoms with Crippen LogP contribution in [0.25, 0.3) is 135 Å². The van der Waals surface area contributed by atoms with Crippen molar-refractivity contribution in [2.24, 2.45) is 0 Å². The van der Waals surface area contributed by atoms with Crippen LogP contribution in [0, 0.1) is 0 Å². The van der Waals surface area contributed by atoms with E-state index in [9.17, 15) is 4.79 Å². The summed E-state index contributed by atoms with van der Waals surface area (Å²) in [4.78, 5) is 14.4. The molecule has 66 heavy (non-hydrogen) atoms. The largest absolute Gasteiger partial charge is 0.309 e. The summed E-state index contributed by atoms with van der Waals surface area (Å²) < 4.78 is 9.25. The molecule has 0 N–H and O–H groups in total. The van der Waals surface area contributed by atoms with Gasteiger partial charge in [0, 0.05) is 80.2 Å². The van der Waals surface area contributed by atoms with Crippen LogP contribution in [-0.4, -0.2) is 13.5 Å². The Morgan fingerprint density at radius 1 is 0.318 bits per heavy atom. The van der Waals surface area contributed by atoms with Crippen LogP contribution in [0.4, 0.5) is 0 Å². The van der Waals surface area contributed by atoms with Crippen molar-refractivity contribution >= 4 is 113 Å². The van der Waals surface area contributed by atoms with E-state index in [0.717, 1.165) is 71.5 Å². The number of thiophene rings is 1. The highest BCUT2D eigenvalue weighted by Gasteiger charge is 2.21. The van der Waals surface area contributed by atoms with Crippen molar-refractivity contribution in [2.75, 3.05) is 0 Å². The molecular formula is C61H35N3OS. The number of nitrogens with zero attached hydrogens (tertiary/aromatic N) is 3. The van der Waals surface area contributed by atoms with Crippen LogP contribution in [0.1, 0.15) is 0 Å². The number of pyridine rings is 1. The summed E-state index contributed by atoms with van der Waals surface area (Å²) in [6.07, 6.45) is 0. The van der Waals surface area contributed by atoms with Crippen LogP contribution < -0.4 is 5.56 Å². The van der Waals surface area contributed by atoms with Crippen LogP contribution in [0.5, 0.6) is 0 Å². The molecule has 0 amide bonds. The van der Waals surface area contributed by atoms with Crippen LogP contribution >= 0.6 is 11.3 Å². The van der Waals surface area contributed by atoms with Gasteiger partial charge in [-0.2, -0.15) is 0 Å². The highest BCUT2D eigenvalue weighted by Crippen LogP contribution is 2.45. The molecule has 0 fully saturated rings. The van der Waals surface area contributed by atoms with Gasteiger partial charge in [0.15, 0.2) is 0 Å². The molecule has 0 saturated carbocycles. The molecule has 10 aromatic carbocycles. The molecule has 0 aliphatic rings. The predicted octanol–water partition coefficient (Wildman–Crippen LogP) is 16.1. The molecule has 5 heteroatoms. The van der Waals surface area contributed by atoms with Gasteiger partial charge in [0.05, 0.1) is 33.1 Å². The van der Waals surface area contributed by atoms with Crippen molar-refractivity contribution in [1.82, 2.24) is 13.5 Å². The molecule has 0 bridgehead atoms. The molecule has 0 atom stereocenters. The van der Waals surface area contributed by atoms with E-state index in [0.29, 0.717) is 0 Å². The molecule has 0 saturated heterocycles. The van der Waals surface area contributed by atoms with E-state index in [1.54, 1.807) is 0 Å². The Morgan fingerprint density at radius 2 is 0.864 bits per heavy atom. The lowest BCUT2D eigenvalue weighted by Crippen LogP contribution is -2.12. The van der Waals surface area contributed by atoms with E-state index in [1.165, 1.54) is 63.9 Å². The fourth-order valence-corrected chi connectivity index (χ4v) is 12.5. The minimum absolute atomic E-state index is 0.0189. The number of hydrogen-bond donors (Lipinski definition) is 0. The van der Waals surface area contributed by atoms with Crippen molar-refractivity contribution < 1.29 is 0 Å². The van der Waals surface area contributed by atoms with E-state index in [-0.39, 0.29) is 5.56 Å². The average Bonchev–Trinajstić information content (AvgIpc) is 4.12. The molecule has 5 aromatic heterocycles. The smallest absolute Gasteiger partial charge is 0.263 e. The monoisotopic (exact) mass is 857 g/mol. The highest BCUT2D eigenvalue weighted by molar-refractivity contribution is 7.26. The fourth-order valence-electron chi connectivity index (χ4n) is 11.3. The summed E-state index contributed by atoms with van der Waals surface area (Å²) in [5, 5.41) is 12.4. The lowest BCUT2D eigenvalue weighted by atomic mass is 9.97. The van der Waals surface area contributed by atoms with E-state index in [1.807, 2.05) is 27.9 Å². The van der Waals surface area contributed by atoms with Gasteiger partial charge < -0.3 is 9.13 Å². The minimum atomic E-state index is 0.0189. The lowest BCUT2D eigenvalue weighted by molar-refractivity contribution is 1.18. The van der Waals surface area contributed by atoms with Crippen molar-refractivity contribution in [3.63, 3.8) is 0 Å². The fraction of sp³-hybridized carbons (Fsp3) is 0.